The molecular weight excluding hydrogens is 307 g/mol. The van der Waals surface area contributed by atoms with E-state index in [2.05, 4.69) is 56.5 Å². The molecule has 0 heterocycles. The Morgan fingerprint density at radius 1 is 0.960 bits per heavy atom. The lowest BCUT2D eigenvalue weighted by molar-refractivity contribution is 0.217. The average molecular weight is 336 g/mol. The molecule has 2 rings (SSSR count). The van der Waals surface area contributed by atoms with Gasteiger partial charge in [0.25, 0.3) is 0 Å². The maximum Gasteiger partial charge on any atom is 0.109 e. The van der Waals surface area contributed by atoms with E-state index in [4.69, 9.17) is 0 Å². The first-order valence-electron chi connectivity index (χ1n) is 8.87. The van der Waals surface area contributed by atoms with E-state index in [-0.39, 0.29) is 0 Å². The van der Waals surface area contributed by atoms with Crippen molar-refractivity contribution in [2.24, 2.45) is 0 Å². The van der Waals surface area contributed by atoms with E-state index >= 15 is 0 Å². The van der Waals surface area contributed by atoms with Crippen molar-refractivity contribution < 1.29 is 4.39 Å². The fraction of sp³-hybridized carbons (Fsp3) is 0.333. The minimum Gasteiger partial charge on any atom is -0.244 e. The van der Waals surface area contributed by atoms with Crippen LogP contribution in [0.15, 0.2) is 61.2 Å². The molecule has 0 aliphatic carbocycles. The molecule has 0 saturated heterocycles. The van der Waals surface area contributed by atoms with Crippen LogP contribution in [-0.2, 0) is 19.3 Å². The van der Waals surface area contributed by atoms with Crippen LogP contribution in [0.3, 0.4) is 0 Å². The first kappa shape index (κ1) is 19.2. The van der Waals surface area contributed by atoms with Crippen molar-refractivity contribution in [3.63, 3.8) is 0 Å². The number of alkyl halides is 1. The summed E-state index contributed by atoms with van der Waals surface area (Å²) in [6.45, 7) is 15.5. The smallest absolute Gasteiger partial charge is 0.109 e. The summed E-state index contributed by atoms with van der Waals surface area (Å²) in [6.07, 6.45) is 2.32. The van der Waals surface area contributed by atoms with Gasteiger partial charge in [-0.05, 0) is 68.4 Å². The molecule has 0 nitrogen and oxygen atoms in total. The van der Waals surface area contributed by atoms with E-state index in [0.29, 0.717) is 6.42 Å². The SMILES string of the molecule is C=C(C)C(=C)c1cc(CC(C)(C)F)ccc1CCc1ccc(C)cc1. The molecule has 0 atom stereocenters. The van der Waals surface area contributed by atoms with Gasteiger partial charge in [-0.1, -0.05) is 66.8 Å². The van der Waals surface area contributed by atoms with E-state index < -0.39 is 5.67 Å². The summed E-state index contributed by atoms with van der Waals surface area (Å²) >= 11 is 0. The van der Waals surface area contributed by atoms with Crippen molar-refractivity contribution in [3.8, 4) is 0 Å². The zero-order valence-electron chi connectivity index (χ0n) is 16.0. The second-order valence-corrected chi connectivity index (χ2v) is 7.63. The van der Waals surface area contributed by atoms with Gasteiger partial charge in [-0.15, -0.1) is 0 Å². The lowest BCUT2D eigenvalue weighted by atomic mass is 9.89. The summed E-state index contributed by atoms with van der Waals surface area (Å²) in [5, 5.41) is 0. The van der Waals surface area contributed by atoms with Gasteiger partial charge in [-0.2, -0.15) is 0 Å². The van der Waals surface area contributed by atoms with Crippen LogP contribution in [0.5, 0.6) is 0 Å². The van der Waals surface area contributed by atoms with Crippen LogP contribution < -0.4 is 0 Å². The second-order valence-electron chi connectivity index (χ2n) is 7.63. The standard InChI is InChI=1S/C24H29F/c1-17(2)19(4)23-15-21(16-24(5,6)25)12-14-22(23)13-11-20-9-7-18(3)8-10-20/h7-10,12,14-15H,1,4,11,13,16H2,2-3,5-6H3. The third kappa shape index (κ3) is 5.70. The van der Waals surface area contributed by atoms with Gasteiger partial charge in [-0.25, -0.2) is 4.39 Å². The highest BCUT2D eigenvalue weighted by Crippen LogP contribution is 2.28. The van der Waals surface area contributed by atoms with Crippen molar-refractivity contribution in [1.29, 1.82) is 0 Å². The van der Waals surface area contributed by atoms with Gasteiger partial charge in [0, 0.05) is 6.42 Å². The van der Waals surface area contributed by atoms with Crippen LogP contribution in [0.4, 0.5) is 4.39 Å². The number of rotatable bonds is 7. The fourth-order valence-electron chi connectivity index (χ4n) is 2.98. The van der Waals surface area contributed by atoms with Crippen LogP contribution >= 0.6 is 0 Å². The molecule has 0 amide bonds. The topological polar surface area (TPSA) is 0 Å². The Morgan fingerprint density at radius 3 is 2.12 bits per heavy atom. The van der Waals surface area contributed by atoms with Crippen molar-refractivity contribution in [1.82, 2.24) is 0 Å². The molecule has 0 aliphatic heterocycles. The average Bonchev–Trinajstić information content (AvgIpc) is 2.52. The Kier molecular flexibility index (Phi) is 6.00. The van der Waals surface area contributed by atoms with Crippen LogP contribution in [-0.4, -0.2) is 5.67 Å². The van der Waals surface area contributed by atoms with E-state index in [0.717, 1.165) is 35.1 Å². The van der Waals surface area contributed by atoms with Gasteiger partial charge >= 0.3 is 0 Å². The molecule has 0 aromatic heterocycles. The molecule has 2 aromatic carbocycles. The molecule has 0 bridgehead atoms. The van der Waals surface area contributed by atoms with Gasteiger partial charge in [0.2, 0.25) is 0 Å². The summed E-state index contributed by atoms with van der Waals surface area (Å²) in [6, 6.07) is 14.9. The normalized spacial score (nSPS) is 11.4. The summed E-state index contributed by atoms with van der Waals surface area (Å²) in [7, 11) is 0. The first-order chi connectivity index (χ1) is 11.7. The molecule has 1 heteroatoms. The van der Waals surface area contributed by atoms with Gasteiger partial charge in [0.1, 0.15) is 5.67 Å². The minimum atomic E-state index is -1.22. The van der Waals surface area contributed by atoms with Gasteiger partial charge in [-0.3, -0.25) is 0 Å². The molecule has 2 aromatic rings. The Labute approximate surface area is 152 Å². The zero-order chi connectivity index (χ0) is 18.6. The van der Waals surface area contributed by atoms with Crippen LogP contribution in [0, 0.1) is 6.92 Å². The molecule has 0 N–H and O–H groups in total. The van der Waals surface area contributed by atoms with Crippen molar-refractivity contribution in [2.75, 3.05) is 0 Å². The molecule has 25 heavy (non-hydrogen) atoms. The van der Waals surface area contributed by atoms with E-state index in [9.17, 15) is 4.39 Å². The quantitative estimate of drug-likeness (QED) is 0.496. The van der Waals surface area contributed by atoms with Crippen LogP contribution in [0.1, 0.15) is 48.6 Å². The summed E-state index contributed by atoms with van der Waals surface area (Å²) < 4.78 is 14.0. The van der Waals surface area contributed by atoms with Gasteiger partial charge in [0.05, 0.1) is 0 Å². The van der Waals surface area contributed by atoms with Gasteiger partial charge in [0.15, 0.2) is 0 Å². The van der Waals surface area contributed by atoms with E-state index in [1.165, 1.54) is 16.7 Å². The number of aryl methyl sites for hydroxylation is 3. The number of benzene rings is 2. The highest BCUT2D eigenvalue weighted by molar-refractivity contribution is 5.78. The lowest BCUT2D eigenvalue weighted by Gasteiger charge is -2.18. The molecule has 132 valence electrons. The molecular formula is C24H29F. The molecule has 0 unspecified atom stereocenters. The number of halogens is 1. The largest absolute Gasteiger partial charge is 0.244 e. The highest BCUT2D eigenvalue weighted by Gasteiger charge is 2.17. The maximum absolute atomic E-state index is 14.0. The third-order valence-corrected chi connectivity index (χ3v) is 4.44. The van der Waals surface area contributed by atoms with Crippen LogP contribution in [0.25, 0.3) is 5.57 Å². The second kappa shape index (κ2) is 7.82. The molecule has 0 aliphatic rings. The van der Waals surface area contributed by atoms with Crippen molar-refractivity contribution in [2.45, 2.75) is 52.6 Å². The number of hydrogen-bond donors (Lipinski definition) is 0. The Bertz CT molecular complexity index is 758. The molecule has 0 radical (unpaired) electrons. The predicted octanol–water partition coefficient (Wildman–Crippen LogP) is 6.66. The van der Waals surface area contributed by atoms with Crippen molar-refractivity contribution >= 4 is 5.57 Å². The number of hydrogen-bond acceptors (Lipinski definition) is 0. The monoisotopic (exact) mass is 336 g/mol. The first-order valence-corrected chi connectivity index (χ1v) is 8.87. The Balaban J connectivity index is 2.27. The lowest BCUT2D eigenvalue weighted by Crippen LogP contribution is -2.15. The highest BCUT2D eigenvalue weighted by atomic mass is 19.1. The maximum atomic E-state index is 14.0. The predicted molar refractivity (Wildman–Crippen MR) is 108 cm³/mol. The summed E-state index contributed by atoms with van der Waals surface area (Å²) in [5.74, 6) is 0. The third-order valence-electron chi connectivity index (χ3n) is 4.44. The van der Waals surface area contributed by atoms with E-state index in [1.807, 2.05) is 13.0 Å². The molecule has 0 saturated carbocycles. The fourth-order valence-corrected chi connectivity index (χ4v) is 2.98. The summed E-state index contributed by atoms with van der Waals surface area (Å²) in [4.78, 5) is 0. The molecule has 0 spiro atoms. The number of allylic oxidation sites excluding steroid dienone is 2. The minimum absolute atomic E-state index is 0.404. The Hall–Kier alpha value is -2.15. The zero-order valence-corrected chi connectivity index (χ0v) is 16.0. The van der Waals surface area contributed by atoms with E-state index in [1.54, 1.807) is 13.8 Å². The molecule has 0 fully saturated rings. The van der Waals surface area contributed by atoms with Gasteiger partial charge < -0.3 is 0 Å². The summed E-state index contributed by atoms with van der Waals surface area (Å²) in [5.41, 5.74) is 6.63. The Morgan fingerprint density at radius 2 is 1.56 bits per heavy atom. The van der Waals surface area contributed by atoms with Crippen LogP contribution in [0.2, 0.25) is 0 Å². The van der Waals surface area contributed by atoms with Crippen molar-refractivity contribution in [3.05, 3.63) is 89.0 Å².